The van der Waals surface area contributed by atoms with Gasteiger partial charge in [-0.3, -0.25) is 4.68 Å². The average molecular weight is 273 g/mol. The first kappa shape index (κ1) is 13.7. The molecule has 1 heterocycles. The Labute approximate surface area is 119 Å². The van der Waals surface area contributed by atoms with Crippen molar-refractivity contribution in [1.82, 2.24) is 9.78 Å². The molecule has 0 atom stereocenters. The van der Waals surface area contributed by atoms with Gasteiger partial charge in [0.15, 0.2) is 0 Å². The lowest BCUT2D eigenvalue weighted by Crippen LogP contribution is -2.15. The predicted molar refractivity (Wildman–Crippen MR) is 82.5 cm³/mol. The Balaban J connectivity index is 2.39. The number of benzene rings is 1. The molecule has 0 aliphatic heterocycles. The summed E-state index contributed by atoms with van der Waals surface area (Å²) in [6.07, 6.45) is 1.01. The quantitative estimate of drug-likeness (QED) is 0.871. The van der Waals surface area contributed by atoms with Crippen LogP contribution in [-0.2, 0) is 13.0 Å². The van der Waals surface area contributed by atoms with E-state index in [0.29, 0.717) is 11.5 Å². The van der Waals surface area contributed by atoms with Crippen LogP contribution in [0.5, 0.6) is 0 Å². The second-order valence-electron chi connectivity index (χ2n) is 4.68. The summed E-state index contributed by atoms with van der Waals surface area (Å²) < 4.78 is 2.03. The fourth-order valence-corrected chi connectivity index (χ4v) is 2.66. The summed E-state index contributed by atoms with van der Waals surface area (Å²) in [6.45, 7) is 7.04. The number of nitrogens with two attached hydrogens (primary N) is 1. The fourth-order valence-electron chi connectivity index (χ4n) is 2.46. The molecular formula is C15H19N3S. The summed E-state index contributed by atoms with van der Waals surface area (Å²) in [6, 6.07) is 7.97. The van der Waals surface area contributed by atoms with Crippen molar-refractivity contribution >= 4 is 17.2 Å². The molecule has 2 aromatic rings. The first-order valence-electron chi connectivity index (χ1n) is 6.45. The van der Waals surface area contributed by atoms with E-state index in [1.54, 1.807) is 0 Å². The minimum absolute atomic E-state index is 0.438. The van der Waals surface area contributed by atoms with Crippen molar-refractivity contribution in [3.63, 3.8) is 0 Å². The minimum Gasteiger partial charge on any atom is -0.389 e. The maximum absolute atomic E-state index is 5.77. The first-order chi connectivity index (χ1) is 9.04. The second-order valence-corrected chi connectivity index (χ2v) is 5.12. The highest BCUT2D eigenvalue weighted by Gasteiger charge is 2.12. The van der Waals surface area contributed by atoms with Gasteiger partial charge in [0, 0.05) is 11.3 Å². The molecule has 0 spiro atoms. The van der Waals surface area contributed by atoms with E-state index in [4.69, 9.17) is 18.0 Å². The molecule has 0 amide bonds. The third-order valence-electron chi connectivity index (χ3n) is 3.49. The van der Waals surface area contributed by atoms with Crippen molar-refractivity contribution in [2.24, 2.45) is 5.73 Å². The smallest absolute Gasteiger partial charge is 0.104 e. The molecule has 0 bridgehead atoms. The Morgan fingerprint density at radius 2 is 2.00 bits per heavy atom. The van der Waals surface area contributed by atoms with Gasteiger partial charge < -0.3 is 5.73 Å². The molecule has 2 N–H and O–H groups in total. The summed E-state index contributed by atoms with van der Waals surface area (Å²) in [5.74, 6) is 0. The first-order valence-corrected chi connectivity index (χ1v) is 6.86. The summed E-state index contributed by atoms with van der Waals surface area (Å²) in [5, 5.41) is 4.61. The summed E-state index contributed by atoms with van der Waals surface area (Å²) in [7, 11) is 0. The molecule has 0 saturated carbocycles. The van der Waals surface area contributed by atoms with Crippen LogP contribution in [0, 0.1) is 13.8 Å². The molecule has 4 heteroatoms. The topological polar surface area (TPSA) is 43.8 Å². The molecule has 0 unspecified atom stereocenters. The molecule has 0 radical (unpaired) electrons. The van der Waals surface area contributed by atoms with Crippen LogP contribution in [0.15, 0.2) is 24.3 Å². The monoisotopic (exact) mass is 273 g/mol. The molecular weight excluding hydrogens is 254 g/mol. The maximum atomic E-state index is 5.77. The van der Waals surface area contributed by atoms with E-state index in [0.717, 1.165) is 23.2 Å². The van der Waals surface area contributed by atoms with Crippen LogP contribution in [0.25, 0.3) is 0 Å². The second kappa shape index (κ2) is 5.53. The lowest BCUT2D eigenvalue weighted by molar-refractivity contribution is 0.657. The standard InChI is InChI=1S/C15H19N3S/c1-4-13-10(2)17-18(11(13)3)9-12-7-5-6-8-14(12)15(16)19/h5-8H,4,9H2,1-3H3,(H2,16,19). The van der Waals surface area contributed by atoms with Gasteiger partial charge in [-0.1, -0.05) is 43.4 Å². The number of nitrogens with zero attached hydrogens (tertiary/aromatic N) is 2. The number of aryl methyl sites for hydroxylation is 1. The zero-order valence-corrected chi connectivity index (χ0v) is 12.4. The van der Waals surface area contributed by atoms with E-state index >= 15 is 0 Å². The minimum atomic E-state index is 0.438. The van der Waals surface area contributed by atoms with E-state index in [2.05, 4.69) is 31.9 Å². The number of thiocarbonyl (C=S) groups is 1. The molecule has 0 fully saturated rings. The number of rotatable bonds is 4. The Hall–Kier alpha value is -1.68. The van der Waals surface area contributed by atoms with Crippen LogP contribution in [0.3, 0.4) is 0 Å². The highest BCUT2D eigenvalue weighted by atomic mass is 32.1. The van der Waals surface area contributed by atoms with Crippen molar-refractivity contribution in [2.45, 2.75) is 33.7 Å². The Morgan fingerprint density at radius 3 is 2.58 bits per heavy atom. The predicted octanol–water partition coefficient (Wildman–Crippen LogP) is 2.74. The normalized spacial score (nSPS) is 10.7. The molecule has 100 valence electrons. The van der Waals surface area contributed by atoms with Crippen LogP contribution in [0.2, 0.25) is 0 Å². The third-order valence-corrected chi connectivity index (χ3v) is 3.71. The van der Waals surface area contributed by atoms with Gasteiger partial charge in [0.25, 0.3) is 0 Å². The van der Waals surface area contributed by atoms with Gasteiger partial charge in [-0.05, 0) is 31.4 Å². The molecule has 0 aliphatic carbocycles. The zero-order valence-electron chi connectivity index (χ0n) is 11.6. The lowest BCUT2D eigenvalue weighted by atomic mass is 10.1. The Bertz CT molecular complexity index is 614. The largest absolute Gasteiger partial charge is 0.389 e. The Morgan fingerprint density at radius 1 is 1.32 bits per heavy atom. The van der Waals surface area contributed by atoms with Crippen LogP contribution in [0.4, 0.5) is 0 Å². The summed E-state index contributed by atoms with van der Waals surface area (Å²) >= 11 is 5.10. The van der Waals surface area contributed by atoms with Crippen molar-refractivity contribution in [3.05, 3.63) is 52.3 Å². The third kappa shape index (κ3) is 2.68. The van der Waals surface area contributed by atoms with E-state index in [-0.39, 0.29) is 0 Å². The van der Waals surface area contributed by atoms with Gasteiger partial charge in [-0.25, -0.2) is 0 Å². The molecule has 19 heavy (non-hydrogen) atoms. The Kier molecular flexibility index (Phi) is 4.00. The van der Waals surface area contributed by atoms with Crippen molar-refractivity contribution < 1.29 is 0 Å². The highest BCUT2D eigenvalue weighted by molar-refractivity contribution is 7.80. The number of hydrogen-bond acceptors (Lipinski definition) is 2. The van der Waals surface area contributed by atoms with Crippen LogP contribution >= 0.6 is 12.2 Å². The lowest BCUT2D eigenvalue weighted by Gasteiger charge is -2.10. The molecule has 0 saturated heterocycles. The van der Waals surface area contributed by atoms with E-state index < -0.39 is 0 Å². The molecule has 1 aromatic carbocycles. The van der Waals surface area contributed by atoms with E-state index in [1.807, 2.05) is 22.9 Å². The molecule has 0 aliphatic rings. The summed E-state index contributed by atoms with van der Waals surface area (Å²) in [4.78, 5) is 0.438. The van der Waals surface area contributed by atoms with Crippen molar-refractivity contribution in [3.8, 4) is 0 Å². The number of aromatic nitrogens is 2. The highest BCUT2D eigenvalue weighted by Crippen LogP contribution is 2.17. The van der Waals surface area contributed by atoms with Gasteiger partial charge in [-0.15, -0.1) is 0 Å². The molecule has 1 aromatic heterocycles. The van der Waals surface area contributed by atoms with Gasteiger partial charge in [0.2, 0.25) is 0 Å². The van der Waals surface area contributed by atoms with Crippen LogP contribution < -0.4 is 5.73 Å². The van der Waals surface area contributed by atoms with E-state index in [1.165, 1.54) is 11.3 Å². The van der Waals surface area contributed by atoms with Crippen LogP contribution in [0.1, 0.15) is 35.0 Å². The van der Waals surface area contributed by atoms with Crippen molar-refractivity contribution in [1.29, 1.82) is 0 Å². The summed E-state index contributed by atoms with van der Waals surface area (Å²) in [5.41, 5.74) is 11.5. The fraction of sp³-hybridized carbons (Fsp3) is 0.333. The van der Waals surface area contributed by atoms with Gasteiger partial charge >= 0.3 is 0 Å². The number of hydrogen-bond donors (Lipinski definition) is 1. The zero-order chi connectivity index (χ0) is 14.0. The maximum Gasteiger partial charge on any atom is 0.104 e. The van der Waals surface area contributed by atoms with Crippen LogP contribution in [-0.4, -0.2) is 14.8 Å². The molecule has 3 nitrogen and oxygen atoms in total. The van der Waals surface area contributed by atoms with Crippen molar-refractivity contribution in [2.75, 3.05) is 0 Å². The average Bonchev–Trinajstić information content (AvgIpc) is 2.64. The SMILES string of the molecule is CCc1c(C)nn(Cc2ccccc2C(N)=S)c1C. The van der Waals surface area contributed by atoms with E-state index in [9.17, 15) is 0 Å². The van der Waals surface area contributed by atoms with Gasteiger partial charge in [0.1, 0.15) is 4.99 Å². The van der Waals surface area contributed by atoms with Gasteiger partial charge in [-0.2, -0.15) is 5.10 Å². The molecule has 2 rings (SSSR count). The van der Waals surface area contributed by atoms with Gasteiger partial charge in [0.05, 0.1) is 12.2 Å².